The molecule has 1 aliphatic rings. The molecular formula is C21H26ClN7O. The Morgan fingerprint density at radius 1 is 1.13 bits per heavy atom. The third kappa shape index (κ3) is 3.85. The fourth-order valence-electron chi connectivity index (χ4n) is 3.81. The predicted octanol–water partition coefficient (Wildman–Crippen LogP) is 2.34. The summed E-state index contributed by atoms with van der Waals surface area (Å²) in [5.41, 5.74) is 2.11. The summed E-state index contributed by atoms with van der Waals surface area (Å²) in [6.07, 6.45) is 0. The molecule has 0 spiro atoms. The maximum atomic E-state index is 12.3. The standard InChI is InChI=1S/C21H26ClN7O/c1-4-27-9-11-28(12-10-27)20-18-21(25-14(2)24-20)29(13-17(30)23-3)19(26-18)15-7-5-6-8-16(15)22/h5-8H,4,9-13H2,1-3H3,(H,23,30). The molecule has 8 nitrogen and oxygen atoms in total. The average Bonchev–Trinajstić information content (AvgIpc) is 3.11. The minimum atomic E-state index is -0.128. The van der Waals surface area contributed by atoms with Crippen LogP contribution in [-0.2, 0) is 11.3 Å². The Bertz CT molecular complexity index is 1070. The minimum Gasteiger partial charge on any atom is -0.358 e. The van der Waals surface area contributed by atoms with Gasteiger partial charge in [-0.2, -0.15) is 0 Å². The van der Waals surface area contributed by atoms with Crippen LogP contribution in [0.4, 0.5) is 5.82 Å². The maximum absolute atomic E-state index is 12.3. The van der Waals surface area contributed by atoms with Crippen molar-refractivity contribution >= 4 is 34.5 Å². The lowest BCUT2D eigenvalue weighted by molar-refractivity contribution is -0.121. The number of anilines is 1. The van der Waals surface area contributed by atoms with Crippen molar-refractivity contribution in [3.8, 4) is 11.4 Å². The Kier molecular flexibility index (Phi) is 5.87. The number of aromatic nitrogens is 4. The molecule has 0 atom stereocenters. The van der Waals surface area contributed by atoms with Crippen molar-refractivity contribution in [1.82, 2.24) is 29.7 Å². The summed E-state index contributed by atoms with van der Waals surface area (Å²) in [5, 5.41) is 3.26. The summed E-state index contributed by atoms with van der Waals surface area (Å²) in [4.78, 5) is 31.3. The average molecular weight is 428 g/mol. The SMILES string of the molecule is CCN1CCN(c2nc(C)nc3c2nc(-c2ccccc2Cl)n3CC(=O)NC)CC1. The van der Waals surface area contributed by atoms with Crippen molar-refractivity contribution in [3.63, 3.8) is 0 Å². The number of nitrogens with zero attached hydrogens (tertiary/aromatic N) is 6. The van der Waals surface area contributed by atoms with Gasteiger partial charge in [-0.1, -0.05) is 30.7 Å². The van der Waals surface area contributed by atoms with Crippen LogP contribution < -0.4 is 10.2 Å². The molecule has 1 amide bonds. The lowest BCUT2D eigenvalue weighted by atomic mass is 10.2. The number of aryl methyl sites for hydroxylation is 1. The van der Waals surface area contributed by atoms with Gasteiger partial charge >= 0.3 is 0 Å². The number of amides is 1. The Labute approximate surface area is 180 Å². The summed E-state index contributed by atoms with van der Waals surface area (Å²) < 4.78 is 1.83. The van der Waals surface area contributed by atoms with Crippen molar-refractivity contribution in [2.24, 2.45) is 0 Å². The van der Waals surface area contributed by atoms with E-state index in [0.717, 1.165) is 44.1 Å². The molecule has 0 aliphatic carbocycles. The van der Waals surface area contributed by atoms with Gasteiger partial charge in [0.2, 0.25) is 5.91 Å². The molecule has 9 heteroatoms. The summed E-state index contributed by atoms with van der Waals surface area (Å²) in [6, 6.07) is 7.51. The van der Waals surface area contributed by atoms with Gasteiger partial charge in [0.25, 0.3) is 0 Å². The number of rotatable bonds is 5. The number of carbonyl (C=O) groups excluding carboxylic acids is 1. The molecule has 2 aromatic heterocycles. The van der Waals surface area contributed by atoms with E-state index in [2.05, 4.69) is 27.0 Å². The van der Waals surface area contributed by atoms with E-state index < -0.39 is 0 Å². The quantitative estimate of drug-likeness (QED) is 0.673. The van der Waals surface area contributed by atoms with E-state index in [1.54, 1.807) is 7.05 Å². The molecular weight excluding hydrogens is 402 g/mol. The molecule has 1 aromatic carbocycles. The molecule has 0 saturated carbocycles. The van der Waals surface area contributed by atoms with E-state index >= 15 is 0 Å². The highest BCUT2D eigenvalue weighted by atomic mass is 35.5. The second kappa shape index (κ2) is 8.57. The fraction of sp³-hybridized carbons (Fsp3) is 0.429. The largest absolute Gasteiger partial charge is 0.358 e. The summed E-state index contributed by atoms with van der Waals surface area (Å²) in [5.74, 6) is 1.96. The highest BCUT2D eigenvalue weighted by molar-refractivity contribution is 6.33. The van der Waals surface area contributed by atoms with Crippen molar-refractivity contribution in [2.45, 2.75) is 20.4 Å². The first-order chi connectivity index (χ1) is 14.5. The van der Waals surface area contributed by atoms with Crippen LogP contribution in [0.1, 0.15) is 12.7 Å². The number of nitrogens with one attached hydrogen (secondary N) is 1. The van der Waals surface area contributed by atoms with E-state index in [-0.39, 0.29) is 12.5 Å². The number of benzene rings is 1. The van der Waals surface area contributed by atoms with Crippen molar-refractivity contribution < 1.29 is 4.79 Å². The van der Waals surface area contributed by atoms with Gasteiger partial charge in [-0.15, -0.1) is 0 Å². The van der Waals surface area contributed by atoms with Crippen LogP contribution in [-0.4, -0.2) is 70.1 Å². The predicted molar refractivity (Wildman–Crippen MR) is 119 cm³/mol. The van der Waals surface area contributed by atoms with Gasteiger partial charge in [0.05, 0.1) is 5.02 Å². The van der Waals surface area contributed by atoms with Crippen molar-refractivity contribution in [3.05, 3.63) is 35.1 Å². The first-order valence-electron chi connectivity index (χ1n) is 10.2. The number of likely N-dealkylation sites (N-methyl/N-ethyl adjacent to an activating group) is 2. The van der Waals surface area contributed by atoms with E-state index in [1.165, 1.54) is 0 Å². The van der Waals surface area contributed by atoms with Crippen LogP contribution in [0.15, 0.2) is 24.3 Å². The molecule has 1 fully saturated rings. The fourth-order valence-corrected chi connectivity index (χ4v) is 4.03. The monoisotopic (exact) mass is 427 g/mol. The Morgan fingerprint density at radius 3 is 2.53 bits per heavy atom. The molecule has 1 saturated heterocycles. The van der Waals surface area contributed by atoms with E-state index in [0.29, 0.717) is 27.8 Å². The first kappa shape index (κ1) is 20.6. The van der Waals surface area contributed by atoms with Gasteiger partial charge in [-0.05, 0) is 25.6 Å². The zero-order chi connectivity index (χ0) is 21.3. The lowest BCUT2D eigenvalue weighted by Crippen LogP contribution is -2.46. The van der Waals surface area contributed by atoms with Gasteiger partial charge in [0.1, 0.15) is 18.2 Å². The Hall–Kier alpha value is -2.71. The second-order valence-corrected chi connectivity index (χ2v) is 7.77. The number of hydrogen-bond donors (Lipinski definition) is 1. The number of fused-ring (bicyclic) bond motifs is 1. The second-order valence-electron chi connectivity index (χ2n) is 7.36. The van der Waals surface area contributed by atoms with Crippen LogP contribution in [0.5, 0.6) is 0 Å². The molecule has 3 heterocycles. The zero-order valence-electron chi connectivity index (χ0n) is 17.5. The Balaban J connectivity index is 1.88. The highest BCUT2D eigenvalue weighted by Gasteiger charge is 2.25. The summed E-state index contributed by atoms with van der Waals surface area (Å²) >= 11 is 6.47. The highest BCUT2D eigenvalue weighted by Crippen LogP contribution is 2.33. The maximum Gasteiger partial charge on any atom is 0.239 e. The molecule has 0 unspecified atom stereocenters. The van der Waals surface area contributed by atoms with Gasteiger partial charge in [0, 0.05) is 38.8 Å². The van der Waals surface area contributed by atoms with Crippen molar-refractivity contribution in [1.29, 1.82) is 0 Å². The normalized spacial score (nSPS) is 15.0. The molecule has 1 aliphatic heterocycles. The third-order valence-electron chi connectivity index (χ3n) is 5.50. The number of imidazole rings is 1. The van der Waals surface area contributed by atoms with E-state index in [1.807, 2.05) is 35.8 Å². The molecule has 158 valence electrons. The van der Waals surface area contributed by atoms with Crippen LogP contribution in [0.3, 0.4) is 0 Å². The molecule has 1 N–H and O–H groups in total. The molecule has 0 bridgehead atoms. The van der Waals surface area contributed by atoms with Gasteiger partial charge < -0.3 is 15.1 Å². The first-order valence-corrected chi connectivity index (χ1v) is 10.6. The van der Waals surface area contributed by atoms with Gasteiger partial charge in [-0.25, -0.2) is 15.0 Å². The number of hydrogen-bond acceptors (Lipinski definition) is 6. The van der Waals surface area contributed by atoms with Crippen LogP contribution in [0.2, 0.25) is 5.02 Å². The molecule has 3 aromatic rings. The number of piperazine rings is 1. The van der Waals surface area contributed by atoms with Gasteiger partial charge in [0.15, 0.2) is 17.0 Å². The Morgan fingerprint density at radius 2 is 1.87 bits per heavy atom. The minimum absolute atomic E-state index is 0.104. The van der Waals surface area contributed by atoms with Crippen molar-refractivity contribution in [2.75, 3.05) is 44.7 Å². The van der Waals surface area contributed by atoms with Gasteiger partial charge in [-0.3, -0.25) is 9.36 Å². The summed E-state index contributed by atoms with van der Waals surface area (Å²) in [6.45, 7) is 8.92. The van der Waals surface area contributed by atoms with Crippen LogP contribution in [0, 0.1) is 6.92 Å². The summed E-state index contributed by atoms with van der Waals surface area (Å²) in [7, 11) is 1.62. The lowest BCUT2D eigenvalue weighted by Gasteiger charge is -2.34. The van der Waals surface area contributed by atoms with Crippen LogP contribution in [0.25, 0.3) is 22.6 Å². The third-order valence-corrected chi connectivity index (χ3v) is 5.83. The smallest absolute Gasteiger partial charge is 0.239 e. The number of carbonyl (C=O) groups is 1. The number of halogens is 1. The van der Waals surface area contributed by atoms with Crippen LogP contribution >= 0.6 is 11.6 Å². The van der Waals surface area contributed by atoms with E-state index in [4.69, 9.17) is 21.6 Å². The molecule has 0 radical (unpaired) electrons. The zero-order valence-corrected chi connectivity index (χ0v) is 18.3. The molecule has 30 heavy (non-hydrogen) atoms. The van der Waals surface area contributed by atoms with E-state index in [9.17, 15) is 4.79 Å². The molecule has 4 rings (SSSR count). The topological polar surface area (TPSA) is 79.2 Å².